The number of aryl methyl sites for hydroxylation is 1. The second-order valence-electron chi connectivity index (χ2n) is 7.20. The van der Waals surface area contributed by atoms with E-state index in [-0.39, 0.29) is 28.3 Å². The van der Waals surface area contributed by atoms with Crippen molar-refractivity contribution in [1.29, 1.82) is 0 Å². The van der Waals surface area contributed by atoms with Crippen molar-refractivity contribution in [2.75, 3.05) is 21.5 Å². The molecule has 1 saturated heterocycles. The molecule has 2 amide bonds. The number of benzene rings is 2. The second-order valence-corrected chi connectivity index (χ2v) is 9.77. The van der Waals surface area contributed by atoms with Crippen LogP contribution in [0.4, 0.5) is 16.5 Å². The van der Waals surface area contributed by atoms with Gasteiger partial charge in [0.1, 0.15) is 0 Å². The van der Waals surface area contributed by atoms with Crippen molar-refractivity contribution in [3.05, 3.63) is 65.7 Å². The molecule has 0 radical (unpaired) electrons. The quantitative estimate of drug-likeness (QED) is 0.592. The van der Waals surface area contributed by atoms with Crippen molar-refractivity contribution < 1.29 is 18.0 Å². The van der Waals surface area contributed by atoms with Crippen molar-refractivity contribution in [3.8, 4) is 0 Å². The van der Waals surface area contributed by atoms with Crippen LogP contribution in [0.15, 0.2) is 65.0 Å². The standard InChI is InChI=1S/C21H20N4O4S2/c1-14-2-6-17(7-3-14)25-13-15(12-19(25)26)20(27)23-16-4-8-18(9-5-16)31(28,29)24-21-22-10-11-30-21/h2-11,15H,12-13H2,1H3,(H,22,24)(H,23,27)/t15-/m0/s1. The maximum absolute atomic E-state index is 12.7. The first kappa shape index (κ1) is 21.0. The lowest BCUT2D eigenvalue weighted by molar-refractivity contribution is -0.122. The summed E-state index contributed by atoms with van der Waals surface area (Å²) in [5.41, 5.74) is 2.32. The molecule has 0 spiro atoms. The molecule has 2 heterocycles. The number of carbonyl (C=O) groups excluding carboxylic acids is 2. The number of rotatable bonds is 6. The first-order valence-corrected chi connectivity index (χ1v) is 11.9. The molecule has 0 unspecified atom stereocenters. The molecule has 4 rings (SSSR count). The SMILES string of the molecule is Cc1ccc(N2C[C@@H](C(=O)Nc3ccc(S(=O)(=O)Nc4nccs4)cc3)CC2=O)cc1. The van der Waals surface area contributed by atoms with Crippen LogP contribution >= 0.6 is 11.3 Å². The highest BCUT2D eigenvalue weighted by Gasteiger charge is 2.35. The van der Waals surface area contributed by atoms with Crippen LogP contribution in [0.5, 0.6) is 0 Å². The molecule has 1 fully saturated rings. The molecule has 0 saturated carbocycles. The summed E-state index contributed by atoms with van der Waals surface area (Å²) in [5.74, 6) is -0.859. The first-order valence-electron chi connectivity index (χ1n) is 9.52. The fourth-order valence-electron chi connectivity index (χ4n) is 3.27. The van der Waals surface area contributed by atoms with Crippen molar-refractivity contribution >= 4 is 49.7 Å². The Labute approximate surface area is 184 Å². The van der Waals surface area contributed by atoms with Crippen LogP contribution in [0.3, 0.4) is 0 Å². The molecule has 1 aliphatic rings. The fourth-order valence-corrected chi connectivity index (χ4v) is 5.06. The van der Waals surface area contributed by atoms with Crippen molar-refractivity contribution in [2.24, 2.45) is 5.92 Å². The van der Waals surface area contributed by atoms with E-state index in [1.165, 1.54) is 41.8 Å². The van der Waals surface area contributed by atoms with Crippen LogP contribution in [0, 0.1) is 12.8 Å². The molecular weight excluding hydrogens is 436 g/mol. The van der Waals surface area contributed by atoms with Gasteiger partial charge in [-0.2, -0.15) is 0 Å². The molecule has 2 aromatic carbocycles. The zero-order valence-electron chi connectivity index (χ0n) is 16.6. The third-order valence-corrected chi connectivity index (χ3v) is 7.10. The van der Waals surface area contributed by atoms with Crippen molar-refractivity contribution in [1.82, 2.24) is 4.98 Å². The highest BCUT2D eigenvalue weighted by molar-refractivity contribution is 7.93. The molecular formula is C21H20N4O4S2. The Hall–Kier alpha value is -3.24. The van der Waals surface area contributed by atoms with Gasteiger partial charge in [0.25, 0.3) is 10.0 Å². The Morgan fingerprint density at radius 3 is 2.48 bits per heavy atom. The van der Waals surface area contributed by atoms with Gasteiger partial charge in [0.15, 0.2) is 5.13 Å². The molecule has 8 nitrogen and oxygen atoms in total. The normalized spacial score (nSPS) is 16.4. The predicted molar refractivity (Wildman–Crippen MR) is 120 cm³/mol. The summed E-state index contributed by atoms with van der Waals surface area (Å²) in [7, 11) is -3.76. The zero-order valence-corrected chi connectivity index (χ0v) is 18.2. The molecule has 1 aromatic heterocycles. The summed E-state index contributed by atoms with van der Waals surface area (Å²) in [6, 6.07) is 13.4. The van der Waals surface area contributed by atoms with Crippen LogP contribution in [-0.4, -0.2) is 31.8 Å². The number of nitrogens with one attached hydrogen (secondary N) is 2. The predicted octanol–water partition coefficient (Wildman–Crippen LogP) is 3.24. The smallest absolute Gasteiger partial charge is 0.263 e. The van der Waals surface area contributed by atoms with E-state index in [4.69, 9.17) is 0 Å². The van der Waals surface area contributed by atoms with E-state index in [1.54, 1.807) is 10.3 Å². The lowest BCUT2D eigenvalue weighted by Gasteiger charge is -2.17. The van der Waals surface area contributed by atoms with Gasteiger partial charge in [-0.1, -0.05) is 17.7 Å². The highest BCUT2D eigenvalue weighted by atomic mass is 32.2. The Kier molecular flexibility index (Phi) is 5.75. The molecule has 2 N–H and O–H groups in total. The molecule has 0 aliphatic carbocycles. The van der Waals surface area contributed by atoms with E-state index in [1.807, 2.05) is 31.2 Å². The molecule has 31 heavy (non-hydrogen) atoms. The van der Waals surface area contributed by atoms with E-state index >= 15 is 0 Å². The van der Waals surface area contributed by atoms with Gasteiger partial charge in [-0.3, -0.25) is 14.3 Å². The Bertz CT molecular complexity index is 1190. The van der Waals surface area contributed by atoms with Gasteiger partial charge < -0.3 is 10.2 Å². The van der Waals surface area contributed by atoms with Crippen LogP contribution in [0.1, 0.15) is 12.0 Å². The summed E-state index contributed by atoms with van der Waals surface area (Å²) >= 11 is 1.18. The Morgan fingerprint density at radius 2 is 1.84 bits per heavy atom. The van der Waals surface area contributed by atoms with Gasteiger partial charge >= 0.3 is 0 Å². The third-order valence-electron chi connectivity index (χ3n) is 4.93. The number of carbonyl (C=O) groups is 2. The number of nitrogens with zero attached hydrogens (tertiary/aromatic N) is 2. The van der Waals surface area contributed by atoms with Crippen LogP contribution in [0.25, 0.3) is 0 Å². The van der Waals surface area contributed by atoms with E-state index in [2.05, 4.69) is 15.0 Å². The average molecular weight is 457 g/mol. The maximum Gasteiger partial charge on any atom is 0.263 e. The monoisotopic (exact) mass is 456 g/mol. The molecule has 10 heteroatoms. The number of anilines is 3. The molecule has 0 bridgehead atoms. The summed E-state index contributed by atoms with van der Waals surface area (Å²) in [6.07, 6.45) is 1.64. The summed E-state index contributed by atoms with van der Waals surface area (Å²) in [6.45, 7) is 2.27. The van der Waals surface area contributed by atoms with Crippen LogP contribution in [-0.2, 0) is 19.6 Å². The van der Waals surface area contributed by atoms with Crippen molar-refractivity contribution in [2.45, 2.75) is 18.2 Å². The number of hydrogen-bond acceptors (Lipinski definition) is 6. The molecule has 1 atom stereocenters. The lowest BCUT2D eigenvalue weighted by Crippen LogP contribution is -2.28. The highest BCUT2D eigenvalue weighted by Crippen LogP contribution is 2.27. The minimum absolute atomic E-state index is 0.0577. The lowest BCUT2D eigenvalue weighted by atomic mass is 10.1. The largest absolute Gasteiger partial charge is 0.326 e. The zero-order chi connectivity index (χ0) is 22.0. The minimum atomic E-state index is -3.76. The topological polar surface area (TPSA) is 108 Å². The maximum atomic E-state index is 12.7. The molecule has 3 aromatic rings. The van der Waals surface area contributed by atoms with E-state index in [0.717, 1.165) is 11.3 Å². The molecule has 1 aliphatic heterocycles. The number of sulfonamides is 1. The summed E-state index contributed by atoms with van der Waals surface area (Å²) in [5, 5.41) is 4.72. The van der Waals surface area contributed by atoms with Crippen LogP contribution in [0.2, 0.25) is 0 Å². The number of amides is 2. The van der Waals surface area contributed by atoms with Gasteiger partial charge in [-0.25, -0.2) is 13.4 Å². The van der Waals surface area contributed by atoms with E-state index in [9.17, 15) is 18.0 Å². The number of aromatic nitrogens is 1. The number of hydrogen-bond donors (Lipinski definition) is 2. The Morgan fingerprint density at radius 1 is 1.13 bits per heavy atom. The number of thiazole rings is 1. The molecule has 160 valence electrons. The van der Waals surface area contributed by atoms with Gasteiger partial charge in [0.05, 0.1) is 10.8 Å². The summed E-state index contributed by atoms with van der Waals surface area (Å²) in [4.78, 5) is 30.6. The third kappa shape index (κ3) is 4.75. The average Bonchev–Trinajstić information content (AvgIpc) is 3.38. The Balaban J connectivity index is 1.40. The van der Waals surface area contributed by atoms with Crippen LogP contribution < -0.4 is 14.9 Å². The summed E-state index contributed by atoms with van der Waals surface area (Å²) < 4.78 is 27.2. The van der Waals surface area contributed by atoms with Crippen molar-refractivity contribution in [3.63, 3.8) is 0 Å². The fraction of sp³-hybridized carbons (Fsp3) is 0.190. The van der Waals surface area contributed by atoms with Gasteiger partial charge in [0, 0.05) is 35.9 Å². The van der Waals surface area contributed by atoms with E-state index in [0.29, 0.717) is 12.2 Å². The van der Waals surface area contributed by atoms with Gasteiger partial charge in [0.2, 0.25) is 11.8 Å². The van der Waals surface area contributed by atoms with Gasteiger partial charge in [-0.05, 0) is 43.3 Å². The van der Waals surface area contributed by atoms with Gasteiger partial charge in [-0.15, -0.1) is 11.3 Å². The second kappa shape index (κ2) is 8.48. The minimum Gasteiger partial charge on any atom is -0.326 e. The first-order chi connectivity index (χ1) is 14.8. The van der Waals surface area contributed by atoms with E-state index < -0.39 is 15.9 Å².